The molecule has 2 rings (SSSR count). The first-order chi connectivity index (χ1) is 10.3. The maximum Gasteiger partial charge on any atom is 0.330 e. The maximum atomic E-state index is 12.1. The summed E-state index contributed by atoms with van der Waals surface area (Å²) in [7, 11) is 3.58. The largest absolute Gasteiger partial charge is 0.330 e. The smallest absolute Gasteiger partial charge is 0.328 e. The zero-order valence-electron chi connectivity index (χ0n) is 13.6. The van der Waals surface area contributed by atoms with Crippen molar-refractivity contribution in [1.82, 2.24) is 14.0 Å². The first-order valence-electron chi connectivity index (χ1n) is 7.85. The van der Waals surface area contributed by atoms with Crippen LogP contribution in [0.25, 0.3) is 0 Å². The normalized spacial score (nSPS) is 21.1. The highest BCUT2D eigenvalue weighted by atomic mass is 16.2. The average Bonchev–Trinajstić information content (AvgIpc) is 2.79. The molecule has 7 heteroatoms. The lowest BCUT2D eigenvalue weighted by molar-refractivity contribution is 0.464. The molecule has 0 radical (unpaired) electrons. The zero-order valence-corrected chi connectivity index (χ0v) is 13.6. The predicted octanol–water partition coefficient (Wildman–Crippen LogP) is 0.982. The molecule has 0 aliphatic carbocycles. The van der Waals surface area contributed by atoms with Crippen LogP contribution in [0, 0.1) is 0 Å². The van der Waals surface area contributed by atoms with Crippen LogP contribution in [0.1, 0.15) is 39.0 Å². The quantitative estimate of drug-likeness (QED) is 0.581. The van der Waals surface area contributed by atoms with Gasteiger partial charge in [0.1, 0.15) is 0 Å². The van der Waals surface area contributed by atoms with E-state index in [9.17, 15) is 9.59 Å². The lowest BCUT2D eigenvalue weighted by Gasteiger charge is -2.24. The molecule has 122 valence electrons. The Balaban J connectivity index is 2.00. The average molecular weight is 308 g/mol. The molecule has 1 aromatic rings. The van der Waals surface area contributed by atoms with E-state index < -0.39 is 5.69 Å². The van der Waals surface area contributed by atoms with Gasteiger partial charge in [0.2, 0.25) is 11.5 Å². The number of aliphatic imine (C=N–C) groups is 1. The molecule has 22 heavy (non-hydrogen) atoms. The van der Waals surface area contributed by atoms with Crippen LogP contribution >= 0.6 is 0 Å². The highest BCUT2D eigenvalue weighted by Gasteiger charge is 2.36. The fourth-order valence-electron chi connectivity index (χ4n) is 2.87. The minimum Gasteiger partial charge on any atom is -0.328 e. The van der Waals surface area contributed by atoms with E-state index in [2.05, 4.69) is 9.98 Å². The van der Waals surface area contributed by atoms with E-state index in [1.54, 1.807) is 13.4 Å². The van der Waals surface area contributed by atoms with Crippen LogP contribution in [-0.2, 0) is 7.05 Å². The Bertz CT molecular complexity index is 673. The molecule has 0 saturated carbocycles. The number of quaternary nitrogens is 1. The van der Waals surface area contributed by atoms with E-state index in [0.29, 0.717) is 16.0 Å². The van der Waals surface area contributed by atoms with Crippen LogP contribution in [0.15, 0.2) is 14.6 Å². The van der Waals surface area contributed by atoms with Crippen molar-refractivity contribution in [3.05, 3.63) is 20.8 Å². The fourth-order valence-corrected chi connectivity index (χ4v) is 2.87. The number of nitrogens with one attached hydrogen (secondary N) is 1. The summed E-state index contributed by atoms with van der Waals surface area (Å²) in [5.41, 5.74) is 5.53. The van der Waals surface area contributed by atoms with Gasteiger partial charge in [0, 0.05) is 13.1 Å². The van der Waals surface area contributed by atoms with Crippen LogP contribution in [0.2, 0.25) is 0 Å². The lowest BCUT2D eigenvalue weighted by Crippen LogP contribution is -2.47. The molecule has 0 amide bonds. The molecule has 1 aromatic heterocycles. The molecule has 1 aliphatic rings. The number of fused-ring (bicyclic) bond motifs is 1. The summed E-state index contributed by atoms with van der Waals surface area (Å²) in [6.45, 7) is 2.83. The Hall–Kier alpha value is -1.73. The van der Waals surface area contributed by atoms with Crippen LogP contribution < -0.4 is 21.5 Å². The highest BCUT2D eigenvalue weighted by molar-refractivity contribution is 5.86. The second-order valence-electron chi connectivity index (χ2n) is 6.41. The van der Waals surface area contributed by atoms with E-state index in [0.717, 1.165) is 38.6 Å². The number of H-pyrrole nitrogens is 1. The molecule has 0 saturated heterocycles. The van der Waals surface area contributed by atoms with Crippen molar-refractivity contribution >= 4 is 17.8 Å². The standard InChI is InChI=1S/C15H25N5O2/c1-11(16)8-6-4-5-7-9-20(3)10-17-13-12(20)14(21)18-15(22)19(13)2/h10-11H,4-9,16H2,1-3H3/p+1. The van der Waals surface area contributed by atoms with Gasteiger partial charge in [0.25, 0.3) is 0 Å². The number of hydrogen-bond donors (Lipinski definition) is 2. The molecular weight excluding hydrogens is 282 g/mol. The third kappa shape index (κ3) is 3.36. The molecule has 3 N–H and O–H groups in total. The topological polar surface area (TPSA) is 93.2 Å². The molecule has 0 spiro atoms. The first-order valence-corrected chi connectivity index (χ1v) is 7.85. The summed E-state index contributed by atoms with van der Waals surface area (Å²) in [5, 5.41) is 0. The first kappa shape index (κ1) is 16.6. The van der Waals surface area contributed by atoms with Gasteiger partial charge < -0.3 is 5.73 Å². The van der Waals surface area contributed by atoms with Crippen molar-refractivity contribution in [3.8, 4) is 0 Å². The van der Waals surface area contributed by atoms with Gasteiger partial charge in [0.05, 0.1) is 13.6 Å². The van der Waals surface area contributed by atoms with Gasteiger partial charge in [-0.25, -0.2) is 9.28 Å². The highest BCUT2D eigenvalue weighted by Crippen LogP contribution is 2.31. The Morgan fingerprint density at radius 2 is 2.00 bits per heavy atom. The molecule has 0 aromatic carbocycles. The van der Waals surface area contributed by atoms with Crippen LogP contribution in [0.5, 0.6) is 0 Å². The summed E-state index contributed by atoms with van der Waals surface area (Å²) in [6, 6.07) is 0.266. The Morgan fingerprint density at radius 3 is 2.68 bits per heavy atom. The number of hydrogen-bond acceptors (Lipinski definition) is 4. The van der Waals surface area contributed by atoms with E-state index in [1.165, 1.54) is 4.57 Å². The number of aromatic nitrogens is 2. The fraction of sp³-hybridized carbons (Fsp3) is 0.667. The van der Waals surface area contributed by atoms with Gasteiger partial charge in [-0.3, -0.25) is 14.3 Å². The van der Waals surface area contributed by atoms with Crippen molar-refractivity contribution < 1.29 is 0 Å². The second kappa shape index (κ2) is 6.58. The summed E-state index contributed by atoms with van der Waals surface area (Å²) in [5.74, 6) is 0.466. The molecule has 7 nitrogen and oxygen atoms in total. The monoisotopic (exact) mass is 308 g/mol. The molecule has 2 unspecified atom stereocenters. The van der Waals surface area contributed by atoms with Gasteiger partial charge in [-0.05, 0) is 26.2 Å². The van der Waals surface area contributed by atoms with Crippen molar-refractivity contribution in [2.45, 2.75) is 45.1 Å². The van der Waals surface area contributed by atoms with Gasteiger partial charge in [-0.1, -0.05) is 12.8 Å². The van der Waals surface area contributed by atoms with Gasteiger partial charge in [-0.2, -0.15) is 4.99 Å². The maximum absolute atomic E-state index is 12.1. The molecule has 2 heterocycles. The van der Waals surface area contributed by atoms with E-state index in [1.807, 2.05) is 14.0 Å². The van der Waals surface area contributed by atoms with Crippen molar-refractivity contribution in [2.75, 3.05) is 13.6 Å². The molecule has 0 bridgehead atoms. The van der Waals surface area contributed by atoms with Gasteiger partial charge in [0.15, 0.2) is 6.34 Å². The number of rotatable bonds is 7. The molecule has 0 fully saturated rings. The van der Waals surface area contributed by atoms with Gasteiger partial charge >= 0.3 is 11.2 Å². The number of nitrogens with zero attached hydrogens (tertiary/aromatic N) is 3. The summed E-state index contributed by atoms with van der Waals surface area (Å²) in [4.78, 5) is 30.4. The van der Waals surface area contributed by atoms with Crippen LogP contribution in [0.4, 0.5) is 11.5 Å². The number of unbranched alkanes of at least 4 members (excludes halogenated alkanes) is 3. The third-order valence-corrected chi connectivity index (χ3v) is 4.25. The van der Waals surface area contributed by atoms with Crippen molar-refractivity contribution in [1.29, 1.82) is 0 Å². The SMILES string of the molecule is CC(N)CCCCCC[N+]1(C)C=Nc2c1c(=O)[nH]c(=O)n2C. The minimum atomic E-state index is -0.426. The van der Waals surface area contributed by atoms with Crippen LogP contribution in [-0.4, -0.2) is 35.5 Å². The zero-order chi connectivity index (χ0) is 16.3. The Kier molecular flexibility index (Phi) is 4.97. The number of nitrogens with two attached hydrogens (primary N) is 1. The molecule has 1 aliphatic heterocycles. The summed E-state index contributed by atoms with van der Waals surface area (Å²) >= 11 is 0. The molecular formula is C15H26N5O2+. The Labute approximate surface area is 130 Å². The van der Waals surface area contributed by atoms with Crippen molar-refractivity contribution in [3.63, 3.8) is 0 Å². The summed E-state index contributed by atoms with van der Waals surface area (Å²) in [6.07, 6.45) is 7.20. The molecule has 2 atom stereocenters. The van der Waals surface area contributed by atoms with Crippen molar-refractivity contribution in [2.24, 2.45) is 17.8 Å². The lowest BCUT2D eigenvalue weighted by atomic mass is 10.1. The van der Waals surface area contributed by atoms with E-state index in [-0.39, 0.29) is 11.6 Å². The minimum absolute atomic E-state index is 0.266. The van der Waals surface area contributed by atoms with Crippen LogP contribution in [0.3, 0.4) is 0 Å². The van der Waals surface area contributed by atoms with Gasteiger partial charge in [-0.15, -0.1) is 0 Å². The third-order valence-electron chi connectivity index (χ3n) is 4.25. The number of aromatic amines is 1. The van der Waals surface area contributed by atoms with E-state index >= 15 is 0 Å². The predicted molar refractivity (Wildman–Crippen MR) is 89.8 cm³/mol. The Morgan fingerprint density at radius 1 is 1.32 bits per heavy atom. The second-order valence-corrected chi connectivity index (χ2v) is 6.41. The van der Waals surface area contributed by atoms with E-state index in [4.69, 9.17) is 5.73 Å². The summed E-state index contributed by atoms with van der Waals surface area (Å²) < 4.78 is 1.74.